The van der Waals surface area contributed by atoms with E-state index in [1.54, 1.807) is 18.7 Å². The van der Waals surface area contributed by atoms with Gasteiger partial charge in [-0.1, -0.05) is 4.49 Å². The smallest absolute Gasteiger partial charge is 0.279 e. The van der Waals surface area contributed by atoms with E-state index in [9.17, 15) is 0 Å². The highest BCUT2D eigenvalue weighted by molar-refractivity contribution is 7.09. The molecule has 0 unspecified atom stereocenters. The Labute approximate surface area is 91.5 Å². The zero-order valence-electron chi connectivity index (χ0n) is 7.22. The van der Waals surface area contributed by atoms with Crippen molar-refractivity contribution in [3.05, 3.63) is 25.0 Å². The molecule has 15 heavy (non-hydrogen) atoms. The second-order valence-electron chi connectivity index (χ2n) is 2.48. The fourth-order valence-corrected chi connectivity index (χ4v) is 2.25. The maximum absolute atomic E-state index is 5.06. The number of nitrogens with zero attached hydrogens (tertiary/aromatic N) is 6. The average molecular weight is 240 g/mol. The predicted molar refractivity (Wildman–Crippen MR) is 48.7 cm³/mol. The largest absolute Gasteiger partial charge is 0.485 e. The van der Waals surface area contributed by atoms with E-state index in [0.29, 0.717) is 5.13 Å². The van der Waals surface area contributed by atoms with Gasteiger partial charge < -0.3 is 0 Å². The van der Waals surface area contributed by atoms with Crippen LogP contribution in [-0.2, 0) is 0 Å². The van der Waals surface area contributed by atoms with Crippen molar-refractivity contribution in [2.75, 3.05) is 0 Å². The first-order chi connectivity index (χ1) is 7.43. The molecule has 0 fully saturated rings. The number of aromatic nitrogens is 6. The molecule has 0 atom stereocenters. The van der Waals surface area contributed by atoms with Gasteiger partial charge in [-0.15, -0.1) is 9.06 Å². The zero-order valence-corrected chi connectivity index (χ0v) is 8.85. The third-order valence-electron chi connectivity index (χ3n) is 1.58. The van der Waals surface area contributed by atoms with Gasteiger partial charge in [-0.2, -0.15) is 0 Å². The quantitative estimate of drug-likeness (QED) is 0.566. The first-order valence-corrected chi connectivity index (χ1v) is 5.46. The summed E-state index contributed by atoms with van der Waals surface area (Å²) in [6, 6.07) is 0. The molecule has 0 aliphatic rings. The second-order valence-corrected chi connectivity index (χ2v) is 4.18. The fraction of sp³-hybridized carbons (Fsp3) is 0. The van der Waals surface area contributed by atoms with Crippen LogP contribution in [0.25, 0.3) is 10.1 Å². The molecule has 0 aromatic carbocycles. The Balaban J connectivity index is 2.02. The summed E-state index contributed by atoms with van der Waals surface area (Å²) in [6.45, 7) is 0. The molecule has 0 saturated heterocycles. The van der Waals surface area contributed by atoms with Crippen molar-refractivity contribution in [3.8, 4) is 10.1 Å². The predicted octanol–water partition coefficient (Wildman–Crippen LogP) is -0.464. The molecule has 3 rings (SSSR count). The van der Waals surface area contributed by atoms with E-state index in [-0.39, 0.29) is 0 Å². The summed E-state index contributed by atoms with van der Waals surface area (Å²) in [4.78, 5) is 5.50. The van der Waals surface area contributed by atoms with E-state index in [1.807, 2.05) is 3.96 Å². The molecule has 0 aliphatic carbocycles. The maximum Gasteiger partial charge on any atom is 0.485 e. The van der Waals surface area contributed by atoms with Crippen LogP contribution >= 0.6 is 23.1 Å². The van der Waals surface area contributed by atoms with Gasteiger partial charge in [-0.05, 0) is 5.10 Å². The molecule has 0 amide bonds. The van der Waals surface area contributed by atoms with E-state index in [1.165, 1.54) is 34.2 Å². The topological polar surface area (TPSA) is 72.5 Å². The molecule has 3 heterocycles. The zero-order chi connectivity index (χ0) is 10.1. The van der Waals surface area contributed by atoms with Crippen molar-refractivity contribution in [3.63, 3.8) is 0 Å². The van der Waals surface area contributed by atoms with Crippen LogP contribution in [0.3, 0.4) is 0 Å². The Morgan fingerprint density at radius 1 is 1.40 bits per heavy atom. The SMILES string of the molecule is c1co[n+](-c2nc[n+](-c3cnns3)s2)n1. The van der Waals surface area contributed by atoms with Gasteiger partial charge in [-0.3, -0.25) is 4.52 Å². The van der Waals surface area contributed by atoms with E-state index in [2.05, 4.69) is 19.7 Å². The van der Waals surface area contributed by atoms with Crippen molar-refractivity contribution >= 4 is 23.1 Å². The van der Waals surface area contributed by atoms with Crippen LogP contribution in [0.15, 0.2) is 29.5 Å². The minimum atomic E-state index is 0.647. The molecule has 3 aromatic rings. The lowest BCUT2D eigenvalue weighted by molar-refractivity contribution is -0.832. The summed E-state index contributed by atoms with van der Waals surface area (Å²) < 4.78 is 10.7. The van der Waals surface area contributed by atoms with Gasteiger partial charge >= 0.3 is 11.5 Å². The summed E-state index contributed by atoms with van der Waals surface area (Å²) >= 11 is 2.69. The highest BCUT2D eigenvalue weighted by Crippen LogP contribution is 2.05. The molecule has 0 spiro atoms. The Hall–Kier alpha value is -1.74. The van der Waals surface area contributed by atoms with E-state index in [0.717, 1.165) is 5.00 Å². The Kier molecular flexibility index (Phi) is 1.96. The minimum absolute atomic E-state index is 0.647. The first kappa shape index (κ1) is 8.56. The van der Waals surface area contributed by atoms with Gasteiger partial charge in [0.25, 0.3) is 0 Å². The maximum atomic E-state index is 5.06. The lowest BCUT2D eigenvalue weighted by Crippen LogP contribution is -2.31. The van der Waals surface area contributed by atoms with Crippen LogP contribution in [0.4, 0.5) is 0 Å². The van der Waals surface area contributed by atoms with E-state index >= 15 is 0 Å². The van der Waals surface area contributed by atoms with Gasteiger partial charge in [-0.25, -0.2) is 0 Å². The lowest BCUT2D eigenvalue weighted by atomic mass is 10.9. The summed E-state index contributed by atoms with van der Waals surface area (Å²) in [6.07, 6.45) is 6.39. The van der Waals surface area contributed by atoms with Crippen molar-refractivity contribution in [2.24, 2.45) is 0 Å². The lowest BCUT2D eigenvalue weighted by Gasteiger charge is -1.78. The van der Waals surface area contributed by atoms with Gasteiger partial charge in [0.2, 0.25) is 5.00 Å². The van der Waals surface area contributed by atoms with Gasteiger partial charge in [0.05, 0.1) is 4.85 Å². The molecule has 0 N–H and O–H groups in total. The average Bonchev–Trinajstić information content (AvgIpc) is 3.02. The molecule has 9 heteroatoms. The highest BCUT2D eigenvalue weighted by atomic mass is 32.1. The molecule has 3 aromatic heterocycles. The van der Waals surface area contributed by atoms with Crippen molar-refractivity contribution < 1.29 is 13.3 Å². The Bertz CT molecular complexity index is 495. The summed E-state index contributed by atoms with van der Waals surface area (Å²) in [5.41, 5.74) is 0. The monoisotopic (exact) mass is 240 g/mol. The summed E-state index contributed by atoms with van der Waals surface area (Å²) in [7, 11) is 0. The van der Waals surface area contributed by atoms with Crippen LogP contribution in [0.2, 0.25) is 0 Å². The number of hydrogen-bond acceptors (Lipinski definition) is 7. The van der Waals surface area contributed by atoms with Gasteiger partial charge in [0, 0.05) is 16.5 Å². The molecular weight excluding hydrogens is 236 g/mol. The third-order valence-corrected chi connectivity index (χ3v) is 3.27. The van der Waals surface area contributed by atoms with Gasteiger partial charge in [0.1, 0.15) is 12.4 Å². The number of hydrogen-bond donors (Lipinski definition) is 0. The van der Waals surface area contributed by atoms with Gasteiger partial charge in [0.15, 0.2) is 17.8 Å². The molecule has 0 bridgehead atoms. The third kappa shape index (κ3) is 1.51. The van der Waals surface area contributed by atoms with E-state index < -0.39 is 0 Å². The Morgan fingerprint density at radius 3 is 3.13 bits per heavy atom. The molecule has 0 radical (unpaired) electrons. The Morgan fingerprint density at radius 2 is 2.40 bits per heavy atom. The highest BCUT2D eigenvalue weighted by Gasteiger charge is 2.21. The fourth-order valence-electron chi connectivity index (χ4n) is 0.977. The molecule has 0 saturated carbocycles. The normalized spacial score (nSPS) is 10.7. The van der Waals surface area contributed by atoms with Crippen LogP contribution in [0.1, 0.15) is 0 Å². The standard InChI is InChI=1S/C6H4N6OS2/c1-2-13-12(9-1)6-7-4-11(15-6)5-3-8-10-14-5/h1-4H/q+2. The molecule has 74 valence electrons. The van der Waals surface area contributed by atoms with Crippen molar-refractivity contribution in [1.29, 1.82) is 0 Å². The summed E-state index contributed by atoms with van der Waals surface area (Å²) in [5, 5.41) is 9.24. The van der Waals surface area contributed by atoms with Crippen molar-refractivity contribution in [1.82, 2.24) is 19.7 Å². The molecular formula is C6H4N6OS2+2. The van der Waals surface area contributed by atoms with Crippen LogP contribution in [-0.4, -0.2) is 19.7 Å². The molecule has 7 nitrogen and oxygen atoms in total. The minimum Gasteiger partial charge on any atom is -0.279 e. The second kappa shape index (κ2) is 3.44. The molecule has 0 aliphatic heterocycles. The van der Waals surface area contributed by atoms with E-state index in [4.69, 9.17) is 4.52 Å². The van der Waals surface area contributed by atoms with Crippen molar-refractivity contribution in [2.45, 2.75) is 0 Å². The summed E-state index contributed by atoms with van der Waals surface area (Å²) in [5.74, 6) is 0. The van der Waals surface area contributed by atoms with Crippen LogP contribution in [0.5, 0.6) is 0 Å². The van der Waals surface area contributed by atoms with Crippen LogP contribution in [0, 0.1) is 0 Å². The first-order valence-electron chi connectivity index (χ1n) is 3.92. The van der Waals surface area contributed by atoms with Crippen LogP contribution < -0.4 is 8.81 Å². The number of rotatable bonds is 2.